The number of para-hydroxylation sites is 1. The van der Waals surface area contributed by atoms with Crippen molar-refractivity contribution in [1.29, 1.82) is 5.26 Å². The minimum Gasteiger partial charge on any atom is -0.480 e. The Kier molecular flexibility index (Phi) is 6.15. The summed E-state index contributed by atoms with van der Waals surface area (Å²) in [5.74, 6) is -1.61. The summed E-state index contributed by atoms with van der Waals surface area (Å²) in [5.41, 5.74) is 0.313. The number of aliphatic carboxylic acids is 1. The van der Waals surface area contributed by atoms with Crippen LogP contribution >= 0.6 is 0 Å². The maximum Gasteiger partial charge on any atom is 0.326 e. The van der Waals surface area contributed by atoms with Gasteiger partial charge in [-0.05, 0) is 31.9 Å². The van der Waals surface area contributed by atoms with Crippen LogP contribution in [0.4, 0.5) is 0 Å². The van der Waals surface area contributed by atoms with E-state index in [0.717, 1.165) is 6.42 Å². The predicted octanol–water partition coefficient (Wildman–Crippen LogP) is 1.32. The van der Waals surface area contributed by atoms with E-state index in [1.54, 1.807) is 24.3 Å². The number of nitrogens with one attached hydrogen (secondary N) is 1. The van der Waals surface area contributed by atoms with E-state index in [1.165, 1.54) is 6.92 Å². The van der Waals surface area contributed by atoms with Crippen LogP contribution in [0.5, 0.6) is 5.75 Å². The number of carbonyl (C=O) groups excluding carboxylic acids is 1. The van der Waals surface area contributed by atoms with E-state index < -0.39 is 24.0 Å². The summed E-state index contributed by atoms with van der Waals surface area (Å²) < 4.78 is 10.8. The third kappa shape index (κ3) is 4.46. The molecule has 128 valence electrons. The van der Waals surface area contributed by atoms with Gasteiger partial charge in [0.1, 0.15) is 17.9 Å². The van der Waals surface area contributed by atoms with Crippen LogP contribution in [0.2, 0.25) is 0 Å². The summed E-state index contributed by atoms with van der Waals surface area (Å²) in [4.78, 5) is 23.7. The van der Waals surface area contributed by atoms with Gasteiger partial charge in [0.15, 0.2) is 6.10 Å². The molecule has 1 saturated heterocycles. The summed E-state index contributed by atoms with van der Waals surface area (Å²) in [5, 5.41) is 20.9. The molecule has 2 rings (SSSR count). The Labute approximate surface area is 140 Å². The van der Waals surface area contributed by atoms with Crippen LogP contribution in [0.15, 0.2) is 24.3 Å². The van der Waals surface area contributed by atoms with Gasteiger partial charge in [-0.15, -0.1) is 0 Å². The van der Waals surface area contributed by atoms with E-state index in [4.69, 9.17) is 14.7 Å². The zero-order chi connectivity index (χ0) is 17.5. The third-order valence-electron chi connectivity index (χ3n) is 3.91. The van der Waals surface area contributed by atoms with E-state index in [-0.39, 0.29) is 11.7 Å². The van der Waals surface area contributed by atoms with Crippen LogP contribution in [0.3, 0.4) is 0 Å². The first-order valence-corrected chi connectivity index (χ1v) is 7.79. The minimum absolute atomic E-state index is 0.265. The van der Waals surface area contributed by atoms with Gasteiger partial charge in [0.2, 0.25) is 0 Å². The molecule has 1 heterocycles. The number of ether oxygens (including phenoxy) is 2. The molecule has 0 aromatic heterocycles. The molecule has 0 aliphatic carbocycles. The lowest BCUT2D eigenvalue weighted by Crippen LogP contribution is -2.51. The van der Waals surface area contributed by atoms with Gasteiger partial charge in [-0.1, -0.05) is 12.1 Å². The van der Waals surface area contributed by atoms with Gasteiger partial charge in [0.05, 0.1) is 12.2 Å². The van der Waals surface area contributed by atoms with Gasteiger partial charge < -0.3 is 19.9 Å². The molecule has 0 spiro atoms. The first kappa shape index (κ1) is 17.8. The van der Waals surface area contributed by atoms with Gasteiger partial charge in [0, 0.05) is 12.5 Å². The molecule has 0 radical (unpaired) electrons. The Bertz CT molecular complexity index is 634. The number of carboxylic acid groups (broad SMARTS) is 1. The van der Waals surface area contributed by atoms with Gasteiger partial charge in [-0.3, -0.25) is 4.79 Å². The zero-order valence-corrected chi connectivity index (χ0v) is 13.4. The molecule has 3 unspecified atom stereocenters. The second kappa shape index (κ2) is 8.31. The molecule has 1 aliphatic rings. The van der Waals surface area contributed by atoms with Gasteiger partial charge >= 0.3 is 5.97 Å². The fraction of sp³-hybridized carbons (Fsp3) is 0.471. The number of hydrogen-bond acceptors (Lipinski definition) is 5. The molecule has 7 nitrogen and oxygen atoms in total. The smallest absolute Gasteiger partial charge is 0.326 e. The predicted molar refractivity (Wildman–Crippen MR) is 84.4 cm³/mol. The van der Waals surface area contributed by atoms with Crippen LogP contribution in [-0.2, 0) is 14.3 Å². The van der Waals surface area contributed by atoms with Crippen LogP contribution in [0.1, 0.15) is 25.3 Å². The van der Waals surface area contributed by atoms with Gasteiger partial charge in [-0.2, -0.15) is 5.26 Å². The number of carboxylic acids is 1. The van der Waals surface area contributed by atoms with Crippen LogP contribution in [-0.4, -0.2) is 42.3 Å². The fourth-order valence-corrected chi connectivity index (χ4v) is 2.59. The first-order chi connectivity index (χ1) is 11.5. The van der Waals surface area contributed by atoms with E-state index in [9.17, 15) is 14.7 Å². The second-order valence-corrected chi connectivity index (χ2v) is 5.67. The van der Waals surface area contributed by atoms with Crippen molar-refractivity contribution in [3.63, 3.8) is 0 Å². The minimum atomic E-state index is -1.09. The van der Waals surface area contributed by atoms with Gasteiger partial charge in [0.25, 0.3) is 5.91 Å². The number of hydrogen-bond donors (Lipinski definition) is 2. The van der Waals surface area contributed by atoms with Crippen molar-refractivity contribution in [2.45, 2.75) is 31.9 Å². The fourth-order valence-electron chi connectivity index (χ4n) is 2.59. The molecule has 1 aromatic rings. The number of amides is 1. The first-order valence-electron chi connectivity index (χ1n) is 7.79. The zero-order valence-electron chi connectivity index (χ0n) is 13.4. The van der Waals surface area contributed by atoms with Crippen LogP contribution in [0.25, 0.3) is 0 Å². The molecular weight excluding hydrogens is 312 g/mol. The summed E-state index contributed by atoms with van der Waals surface area (Å²) in [6.45, 7) is 2.44. The molecule has 7 heteroatoms. The van der Waals surface area contributed by atoms with E-state index >= 15 is 0 Å². The van der Waals surface area contributed by atoms with E-state index in [1.807, 2.05) is 6.07 Å². The number of nitriles is 1. The molecule has 0 saturated carbocycles. The summed E-state index contributed by atoms with van der Waals surface area (Å²) in [6, 6.07) is 7.53. The molecule has 0 bridgehead atoms. The number of nitrogens with zero attached hydrogens (tertiary/aromatic N) is 1. The Morgan fingerprint density at radius 3 is 2.83 bits per heavy atom. The lowest BCUT2D eigenvalue weighted by Gasteiger charge is -2.29. The summed E-state index contributed by atoms with van der Waals surface area (Å²) >= 11 is 0. The maximum absolute atomic E-state index is 12.3. The van der Waals surface area contributed by atoms with E-state index in [2.05, 4.69) is 5.32 Å². The van der Waals surface area contributed by atoms with Crippen molar-refractivity contribution in [2.75, 3.05) is 13.2 Å². The Balaban J connectivity index is 2.01. The highest BCUT2D eigenvalue weighted by Gasteiger charge is 2.32. The lowest BCUT2D eigenvalue weighted by molar-refractivity contribution is -0.146. The molecular formula is C17H20N2O5. The Morgan fingerprint density at radius 2 is 2.21 bits per heavy atom. The quantitative estimate of drug-likeness (QED) is 0.813. The summed E-state index contributed by atoms with van der Waals surface area (Å²) in [7, 11) is 0. The lowest BCUT2D eigenvalue weighted by atomic mass is 9.93. The molecule has 1 fully saturated rings. The summed E-state index contributed by atoms with van der Waals surface area (Å²) in [6.07, 6.45) is 0.529. The molecule has 2 N–H and O–H groups in total. The Hall–Kier alpha value is -2.59. The normalized spacial score (nSPS) is 19.6. The maximum atomic E-state index is 12.3. The SMILES string of the molecule is CC(Oc1ccccc1C#N)C(=O)NC(C(=O)O)C1CCCOC1. The van der Waals surface area contributed by atoms with Crippen molar-refractivity contribution in [3.05, 3.63) is 29.8 Å². The Morgan fingerprint density at radius 1 is 1.46 bits per heavy atom. The number of benzene rings is 1. The average Bonchev–Trinajstić information content (AvgIpc) is 2.60. The van der Waals surface area contributed by atoms with Crippen LogP contribution < -0.4 is 10.1 Å². The third-order valence-corrected chi connectivity index (χ3v) is 3.91. The topological polar surface area (TPSA) is 109 Å². The van der Waals surface area contributed by atoms with Crippen molar-refractivity contribution in [1.82, 2.24) is 5.32 Å². The highest BCUT2D eigenvalue weighted by atomic mass is 16.5. The number of rotatable bonds is 6. The standard InChI is InChI=1S/C17H20N2O5/c1-11(24-14-7-3-2-5-12(14)9-18)16(20)19-15(17(21)22)13-6-4-8-23-10-13/h2-3,5,7,11,13,15H,4,6,8,10H2,1H3,(H,19,20)(H,21,22). The highest BCUT2D eigenvalue weighted by Crippen LogP contribution is 2.20. The van der Waals surface area contributed by atoms with E-state index in [0.29, 0.717) is 25.2 Å². The molecule has 24 heavy (non-hydrogen) atoms. The molecule has 1 aliphatic heterocycles. The van der Waals surface area contributed by atoms with Crippen molar-refractivity contribution < 1.29 is 24.2 Å². The molecule has 1 amide bonds. The van der Waals surface area contributed by atoms with Gasteiger partial charge in [-0.25, -0.2) is 4.79 Å². The molecule has 1 aromatic carbocycles. The molecule has 3 atom stereocenters. The second-order valence-electron chi connectivity index (χ2n) is 5.67. The largest absolute Gasteiger partial charge is 0.480 e. The van der Waals surface area contributed by atoms with Crippen molar-refractivity contribution >= 4 is 11.9 Å². The monoisotopic (exact) mass is 332 g/mol. The average molecular weight is 332 g/mol. The van der Waals surface area contributed by atoms with Crippen molar-refractivity contribution in [3.8, 4) is 11.8 Å². The van der Waals surface area contributed by atoms with Crippen molar-refractivity contribution in [2.24, 2.45) is 5.92 Å². The van der Waals surface area contributed by atoms with Crippen LogP contribution in [0, 0.1) is 17.2 Å². The number of carbonyl (C=O) groups is 2. The highest BCUT2D eigenvalue weighted by molar-refractivity contribution is 5.86.